The Labute approximate surface area is 172 Å². The molecule has 1 aromatic heterocycles. The van der Waals surface area contributed by atoms with Crippen molar-refractivity contribution in [3.63, 3.8) is 0 Å². The first-order valence-electron chi connectivity index (χ1n) is 9.93. The van der Waals surface area contributed by atoms with Crippen LogP contribution < -0.4 is 4.90 Å². The van der Waals surface area contributed by atoms with Crippen LogP contribution in [0, 0.1) is 12.8 Å². The summed E-state index contributed by atoms with van der Waals surface area (Å²) in [6, 6.07) is 0. The Bertz CT molecular complexity index is 798. The molecule has 0 spiro atoms. The fourth-order valence-electron chi connectivity index (χ4n) is 3.47. The van der Waals surface area contributed by atoms with Crippen LogP contribution in [-0.4, -0.2) is 58.4 Å². The molecule has 1 saturated carbocycles. The van der Waals surface area contributed by atoms with Crippen LogP contribution >= 0.6 is 9.24 Å². The van der Waals surface area contributed by atoms with Gasteiger partial charge in [0.2, 0.25) is 0 Å². The van der Waals surface area contributed by atoms with E-state index in [1.54, 1.807) is 6.33 Å². The van der Waals surface area contributed by atoms with Crippen LogP contribution in [0.1, 0.15) is 44.9 Å². The van der Waals surface area contributed by atoms with Gasteiger partial charge in [0, 0.05) is 31.7 Å². The molecule has 1 amide bonds. The van der Waals surface area contributed by atoms with E-state index in [4.69, 9.17) is 4.74 Å². The lowest BCUT2D eigenvalue weighted by molar-refractivity contribution is -0.109. The molecule has 1 saturated heterocycles. The van der Waals surface area contributed by atoms with E-state index in [-0.39, 0.29) is 0 Å². The molecular formula is C20H29F2N4O2P. The predicted molar refractivity (Wildman–Crippen MR) is 112 cm³/mol. The average molecular weight is 426 g/mol. The number of aromatic nitrogens is 2. The number of carbonyl (C=O) groups excluding carboxylic acids is 1. The molecule has 160 valence electrons. The number of alkyl halides is 2. The van der Waals surface area contributed by atoms with Crippen LogP contribution in [0.3, 0.4) is 0 Å². The molecule has 2 fully saturated rings. The number of carbonyl (C=O) groups is 1. The number of piperazine rings is 1. The van der Waals surface area contributed by atoms with Gasteiger partial charge in [0.1, 0.15) is 12.1 Å². The van der Waals surface area contributed by atoms with Crippen molar-refractivity contribution in [3.8, 4) is 0 Å². The number of anilines is 1. The molecule has 1 aliphatic heterocycles. The summed E-state index contributed by atoms with van der Waals surface area (Å²) in [5.74, 6) is 1.44. The van der Waals surface area contributed by atoms with Gasteiger partial charge in [-0.05, 0) is 52.0 Å². The first kappa shape index (κ1) is 21.9. The van der Waals surface area contributed by atoms with Crippen LogP contribution in [-0.2, 0) is 4.74 Å². The van der Waals surface area contributed by atoms with E-state index in [2.05, 4.69) is 20.9 Å². The fourth-order valence-corrected chi connectivity index (χ4v) is 3.53. The zero-order valence-corrected chi connectivity index (χ0v) is 18.6. The number of rotatable bonds is 5. The molecular weight excluding hydrogens is 397 g/mol. The summed E-state index contributed by atoms with van der Waals surface area (Å²) in [7, 11) is 1.44. The lowest BCUT2D eigenvalue weighted by Gasteiger charge is -2.38. The maximum absolute atomic E-state index is 13.6. The van der Waals surface area contributed by atoms with Crippen LogP contribution in [0.2, 0.25) is 0 Å². The first-order valence-corrected chi connectivity index (χ1v) is 10.5. The van der Waals surface area contributed by atoms with E-state index in [9.17, 15) is 13.6 Å². The highest BCUT2D eigenvalue weighted by atomic mass is 31.0. The summed E-state index contributed by atoms with van der Waals surface area (Å²) < 4.78 is 32.3. The second-order valence-electron chi connectivity index (χ2n) is 8.15. The molecule has 0 N–H and O–H groups in total. The van der Waals surface area contributed by atoms with Gasteiger partial charge in [0.05, 0.1) is 5.69 Å². The maximum atomic E-state index is 13.6. The highest BCUT2D eigenvalue weighted by Gasteiger charge is 2.46. The number of aryl methyl sites for hydroxylation is 1. The molecule has 0 bridgehead atoms. The molecule has 2 aliphatic rings. The van der Waals surface area contributed by atoms with E-state index >= 15 is 0 Å². The number of amides is 1. The predicted octanol–water partition coefficient (Wildman–Crippen LogP) is 4.10. The number of nitrogens with zero attached hydrogens (tertiary/aromatic N) is 4. The smallest absolute Gasteiger partial charge is 0.410 e. The normalized spacial score (nSPS) is 18.8. The van der Waals surface area contributed by atoms with Crippen molar-refractivity contribution in [2.75, 3.05) is 31.1 Å². The molecule has 0 radical (unpaired) electrons. The maximum Gasteiger partial charge on any atom is 0.410 e. The van der Waals surface area contributed by atoms with Gasteiger partial charge in [-0.3, -0.25) is 0 Å². The third kappa shape index (κ3) is 4.68. The van der Waals surface area contributed by atoms with Crippen LogP contribution in [0.5, 0.6) is 0 Å². The molecule has 9 heteroatoms. The van der Waals surface area contributed by atoms with E-state index < -0.39 is 17.4 Å². The van der Waals surface area contributed by atoms with Gasteiger partial charge in [-0.25, -0.2) is 14.8 Å². The van der Waals surface area contributed by atoms with Gasteiger partial charge in [-0.2, -0.15) is 8.78 Å². The third-order valence-electron chi connectivity index (χ3n) is 5.62. The Morgan fingerprint density at radius 1 is 1.24 bits per heavy atom. The Kier molecular flexibility index (Phi) is 6.13. The zero-order chi connectivity index (χ0) is 21.4. The number of hydrogen-bond acceptors (Lipinski definition) is 5. The molecule has 1 unspecified atom stereocenters. The lowest BCUT2D eigenvalue weighted by Crippen LogP contribution is -2.52. The molecule has 29 heavy (non-hydrogen) atoms. The Balaban J connectivity index is 1.70. The van der Waals surface area contributed by atoms with Gasteiger partial charge >= 0.3 is 6.09 Å². The summed E-state index contributed by atoms with van der Waals surface area (Å²) in [4.78, 5) is 24.9. The summed E-state index contributed by atoms with van der Waals surface area (Å²) in [6.07, 6.45) is 5.36. The average Bonchev–Trinajstić information content (AvgIpc) is 3.47. The van der Waals surface area contributed by atoms with E-state index in [1.165, 1.54) is 46.4 Å². The number of halogens is 2. The highest BCUT2D eigenvalue weighted by Crippen LogP contribution is 2.45. The Hall–Kier alpha value is -1.82. The summed E-state index contributed by atoms with van der Waals surface area (Å²) in [6.45, 7) is 8.33. The monoisotopic (exact) mass is 426 g/mol. The second kappa shape index (κ2) is 8.13. The van der Waals surface area contributed by atoms with Crippen molar-refractivity contribution < 1.29 is 18.3 Å². The minimum Gasteiger partial charge on any atom is -0.437 e. The summed E-state index contributed by atoms with van der Waals surface area (Å²) in [5.41, 5.74) is -1.79. The van der Waals surface area contributed by atoms with Crippen LogP contribution in [0.15, 0.2) is 12.4 Å². The molecule has 0 aromatic carbocycles. The summed E-state index contributed by atoms with van der Waals surface area (Å²) in [5, 5.41) is 0. The van der Waals surface area contributed by atoms with Crippen molar-refractivity contribution in [2.45, 2.75) is 51.8 Å². The number of ether oxygens (including phenoxy) is 1. The molecule has 6 nitrogen and oxygen atoms in total. The van der Waals surface area contributed by atoms with Gasteiger partial charge in [0.15, 0.2) is 5.60 Å². The zero-order valence-electron chi connectivity index (χ0n) is 17.4. The SMILES string of the molecule is C/C=C(\c1c(C)ncnc1N1CCN(C(=O)OC(C)(C)C(F)(F)P)CC1)C1CC1. The number of hydrogen-bond donors (Lipinski definition) is 0. The topological polar surface area (TPSA) is 58.6 Å². The van der Waals surface area contributed by atoms with Gasteiger partial charge in [0.25, 0.3) is 5.66 Å². The quantitative estimate of drug-likeness (QED) is 0.664. The van der Waals surface area contributed by atoms with Gasteiger partial charge in [-0.15, -0.1) is 0 Å². The lowest BCUT2D eigenvalue weighted by atomic mass is 9.99. The van der Waals surface area contributed by atoms with Gasteiger partial charge in [-0.1, -0.05) is 15.3 Å². The van der Waals surface area contributed by atoms with Crippen molar-refractivity contribution in [1.82, 2.24) is 14.9 Å². The van der Waals surface area contributed by atoms with Crippen LogP contribution in [0.25, 0.3) is 5.57 Å². The standard InChI is InChI=1S/C20H29F2N4O2P/c1-5-15(14-6-7-14)16-13(2)23-12-24-17(16)25-8-10-26(11-9-25)18(27)28-19(3,4)20(21,22)29/h5,12,14H,6-11,29H2,1-4H3/b15-5-. The van der Waals surface area contributed by atoms with Gasteiger partial charge < -0.3 is 14.5 Å². The minimum absolute atomic E-state index is 0.383. The fraction of sp³-hybridized carbons (Fsp3) is 0.650. The molecule has 1 aliphatic carbocycles. The Morgan fingerprint density at radius 3 is 2.38 bits per heavy atom. The number of allylic oxidation sites excluding steroid dienone is 2. The molecule has 3 rings (SSSR count). The highest BCUT2D eigenvalue weighted by molar-refractivity contribution is 7.18. The molecule has 1 aromatic rings. The van der Waals surface area contributed by atoms with Crippen molar-refractivity contribution in [2.24, 2.45) is 5.92 Å². The third-order valence-corrected chi connectivity index (χ3v) is 6.31. The second-order valence-corrected chi connectivity index (χ2v) is 8.88. The minimum atomic E-state index is -3.20. The molecule has 2 heterocycles. The van der Waals surface area contributed by atoms with Crippen LogP contribution in [0.4, 0.5) is 19.4 Å². The molecule has 1 atom stereocenters. The van der Waals surface area contributed by atoms with E-state index in [0.717, 1.165) is 17.1 Å². The summed E-state index contributed by atoms with van der Waals surface area (Å²) >= 11 is 0. The van der Waals surface area contributed by atoms with Crippen molar-refractivity contribution in [3.05, 3.63) is 23.7 Å². The van der Waals surface area contributed by atoms with Crippen molar-refractivity contribution >= 4 is 26.7 Å². The van der Waals surface area contributed by atoms with E-state index in [0.29, 0.717) is 32.1 Å². The van der Waals surface area contributed by atoms with E-state index in [1.807, 2.05) is 13.8 Å². The first-order chi connectivity index (χ1) is 13.5. The Morgan fingerprint density at radius 2 is 1.86 bits per heavy atom. The van der Waals surface area contributed by atoms with Crippen molar-refractivity contribution in [1.29, 1.82) is 0 Å². The largest absolute Gasteiger partial charge is 0.437 e.